The van der Waals surface area contributed by atoms with Gasteiger partial charge in [0.25, 0.3) is 0 Å². The maximum atomic E-state index is 6.27. The normalized spacial score (nSPS) is 12.2. The predicted molar refractivity (Wildman–Crippen MR) is 107 cm³/mol. The lowest BCUT2D eigenvalue weighted by Gasteiger charge is -2.43. The molecular weight excluding hydrogens is 296 g/mol. The van der Waals surface area contributed by atoms with Crippen LogP contribution in [0.1, 0.15) is 38.8 Å². The topological polar surface area (TPSA) is 81.3 Å². The molecular formula is C20H30N4. The monoisotopic (exact) mass is 326 g/mol. The van der Waals surface area contributed by atoms with Crippen LogP contribution in [0.3, 0.4) is 0 Å². The summed E-state index contributed by atoms with van der Waals surface area (Å²) in [6, 6.07) is 12.2. The molecule has 0 radical (unpaired) electrons. The second-order valence-corrected chi connectivity index (χ2v) is 7.76. The molecule has 4 nitrogen and oxygen atoms in total. The molecule has 0 saturated heterocycles. The van der Waals surface area contributed by atoms with E-state index in [9.17, 15) is 0 Å². The first-order chi connectivity index (χ1) is 11.0. The first-order valence-electron chi connectivity index (χ1n) is 8.21. The molecule has 24 heavy (non-hydrogen) atoms. The van der Waals surface area contributed by atoms with Crippen molar-refractivity contribution in [2.45, 2.75) is 38.5 Å². The maximum Gasteiger partial charge on any atom is 0.0594 e. The molecule has 2 rings (SSSR count). The minimum absolute atomic E-state index is 0.144. The van der Waals surface area contributed by atoms with Crippen molar-refractivity contribution in [3.8, 4) is 0 Å². The first-order valence-corrected chi connectivity index (χ1v) is 8.21. The molecule has 2 aromatic rings. The highest BCUT2D eigenvalue weighted by molar-refractivity contribution is 5.69. The van der Waals surface area contributed by atoms with E-state index in [1.807, 2.05) is 31.1 Å². The average molecular weight is 326 g/mol. The third kappa shape index (κ3) is 2.88. The zero-order valence-corrected chi connectivity index (χ0v) is 15.6. The quantitative estimate of drug-likeness (QED) is 0.747. The number of rotatable bonds is 4. The van der Waals surface area contributed by atoms with Gasteiger partial charge in [0.2, 0.25) is 0 Å². The molecule has 0 unspecified atom stereocenters. The highest BCUT2D eigenvalue weighted by atomic mass is 15.1. The van der Waals surface area contributed by atoms with Gasteiger partial charge in [-0.1, -0.05) is 39.8 Å². The van der Waals surface area contributed by atoms with Crippen molar-refractivity contribution in [2.75, 3.05) is 36.2 Å². The molecule has 0 fully saturated rings. The Bertz CT molecular complexity index is 745. The molecule has 0 bridgehead atoms. The summed E-state index contributed by atoms with van der Waals surface area (Å²) in [6.07, 6.45) is 0. The van der Waals surface area contributed by atoms with Gasteiger partial charge < -0.3 is 22.1 Å². The standard InChI is InChI=1S/C20H30N4/c1-19(2,13-7-9-15(21)16(22)11-13)20(3,4)14-8-10-18(24(5)6)17(23)12-14/h7-12H,21-23H2,1-6H3. The van der Waals surface area contributed by atoms with E-state index in [1.54, 1.807) is 0 Å². The van der Waals surface area contributed by atoms with Gasteiger partial charge in [-0.15, -0.1) is 0 Å². The number of nitrogens with zero attached hydrogens (tertiary/aromatic N) is 1. The summed E-state index contributed by atoms with van der Waals surface area (Å²) >= 11 is 0. The van der Waals surface area contributed by atoms with Gasteiger partial charge in [0.1, 0.15) is 0 Å². The molecule has 0 aliphatic heterocycles. The number of nitrogens with two attached hydrogens (primary N) is 3. The summed E-state index contributed by atoms with van der Waals surface area (Å²) in [5.41, 5.74) is 23.3. The summed E-state index contributed by atoms with van der Waals surface area (Å²) in [7, 11) is 4.00. The highest BCUT2D eigenvalue weighted by Gasteiger charge is 2.40. The van der Waals surface area contributed by atoms with Gasteiger partial charge >= 0.3 is 0 Å². The first kappa shape index (κ1) is 18.0. The second kappa shape index (κ2) is 5.93. The van der Waals surface area contributed by atoms with E-state index >= 15 is 0 Å². The van der Waals surface area contributed by atoms with E-state index in [1.165, 1.54) is 5.56 Å². The molecule has 0 amide bonds. The van der Waals surface area contributed by atoms with Crippen LogP contribution in [0.2, 0.25) is 0 Å². The Labute approximate surface area is 145 Å². The Morgan fingerprint density at radius 1 is 0.667 bits per heavy atom. The number of anilines is 4. The van der Waals surface area contributed by atoms with Crippen molar-refractivity contribution in [1.29, 1.82) is 0 Å². The van der Waals surface area contributed by atoms with Crippen molar-refractivity contribution < 1.29 is 0 Å². The van der Waals surface area contributed by atoms with Crippen molar-refractivity contribution in [3.05, 3.63) is 47.5 Å². The van der Waals surface area contributed by atoms with Crippen LogP contribution in [0.4, 0.5) is 22.7 Å². The zero-order valence-electron chi connectivity index (χ0n) is 15.6. The Morgan fingerprint density at radius 3 is 1.54 bits per heavy atom. The summed E-state index contributed by atoms with van der Waals surface area (Å²) < 4.78 is 0. The van der Waals surface area contributed by atoms with Crippen LogP contribution >= 0.6 is 0 Å². The van der Waals surface area contributed by atoms with Gasteiger partial charge in [-0.05, 0) is 46.2 Å². The lowest BCUT2D eigenvalue weighted by Crippen LogP contribution is -2.40. The van der Waals surface area contributed by atoms with E-state index in [2.05, 4.69) is 52.0 Å². The molecule has 0 atom stereocenters. The smallest absolute Gasteiger partial charge is 0.0594 e. The number of hydrogen-bond acceptors (Lipinski definition) is 4. The summed E-state index contributed by atoms with van der Waals surface area (Å²) in [6.45, 7) is 8.94. The average Bonchev–Trinajstić information content (AvgIpc) is 2.49. The Morgan fingerprint density at radius 2 is 1.12 bits per heavy atom. The van der Waals surface area contributed by atoms with Gasteiger partial charge in [-0.3, -0.25) is 0 Å². The van der Waals surface area contributed by atoms with Gasteiger partial charge in [0.15, 0.2) is 0 Å². The van der Waals surface area contributed by atoms with Gasteiger partial charge in [-0.2, -0.15) is 0 Å². The third-order valence-corrected chi connectivity index (χ3v) is 5.60. The second-order valence-electron chi connectivity index (χ2n) is 7.76. The summed E-state index contributed by atoms with van der Waals surface area (Å²) in [5.74, 6) is 0. The van der Waals surface area contributed by atoms with Crippen LogP contribution in [-0.4, -0.2) is 14.1 Å². The van der Waals surface area contributed by atoms with Crippen LogP contribution in [0.5, 0.6) is 0 Å². The molecule has 0 aromatic heterocycles. The largest absolute Gasteiger partial charge is 0.397 e. The lowest BCUT2D eigenvalue weighted by molar-refractivity contribution is 0.303. The molecule has 0 spiro atoms. The fourth-order valence-corrected chi connectivity index (χ4v) is 3.04. The molecule has 0 aliphatic rings. The van der Waals surface area contributed by atoms with Gasteiger partial charge in [-0.25, -0.2) is 0 Å². The molecule has 2 aromatic carbocycles. The van der Waals surface area contributed by atoms with Crippen molar-refractivity contribution in [1.82, 2.24) is 0 Å². The lowest BCUT2D eigenvalue weighted by atomic mass is 9.61. The maximum absolute atomic E-state index is 6.27. The van der Waals surface area contributed by atoms with Gasteiger partial charge in [0, 0.05) is 14.1 Å². The zero-order chi connectivity index (χ0) is 18.3. The minimum Gasteiger partial charge on any atom is -0.397 e. The Balaban J connectivity index is 2.51. The van der Waals surface area contributed by atoms with Crippen LogP contribution in [0, 0.1) is 0 Å². The van der Waals surface area contributed by atoms with Crippen LogP contribution in [0.15, 0.2) is 36.4 Å². The predicted octanol–water partition coefficient (Wildman–Crippen LogP) is 3.75. The number of nitrogen functional groups attached to an aromatic ring is 3. The Kier molecular flexibility index (Phi) is 4.44. The number of benzene rings is 2. The van der Waals surface area contributed by atoms with Crippen LogP contribution < -0.4 is 22.1 Å². The van der Waals surface area contributed by atoms with Crippen molar-refractivity contribution >= 4 is 22.7 Å². The molecule has 6 N–H and O–H groups in total. The number of hydrogen-bond donors (Lipinski definition) is 3. The van der Waals surface area contributed by atoms with Gasteiger partial charge in [0.05, 0.1) is 22.7 Å². The van der Waals surface area contributed by atoms with Crippen LogP contribution in [0.25, 0.3) is 0 Å². The fourth-order valence-electron chi connectivity index (χ4n) is 3.04. The summed E-state index contributed by atoms with van der Waals surface area (Å²) in [5, 5.41) is 0. The minimum atomic E-state index is -0.152. The third-order valence-electron chi connectivity index (χ3n) is 5.60. The van der Waals surface area contributed by atoms with Crippen molar-refractivity contribution in [2.24, 2.45) is 0 Å². The summed E-state index contributed by atoms with van der Waals surface area (Å²) in [4.78, 5) is 2.03. The highest BCUT2D eigenvalue weighted by Crippen LogP contribution is 2.45. The molecule has 4 heteroatoms. The van der Waals surface area contributed by atoms with Crippen molar-refractivity contribution in [3.63, 3.8) is 0 Å². The fraction of sp³-hybridized carbons (Fsp3) is 0.400. The molecule has 130 valence electrons. The molecule has 0 saturated carbocycles. The van der Waals surface area contributed by atoms with E-state index in [0.29, 0.717) is 11.4 Å². The molecule has 0 heterocycles. The van der Waals surface area contributed by atoms with Crippen LogP contribution in [-0.2, 0) is 10.8 Å². The van der Waals surface area contributed by atoms with E-state index in [-0.39, 0.29) is 10.8 Å². The van der Waals surface area contributed by atoms with E-state index in [0.717, 1.165) is 16.9 Å². The van der Waals surface area contributed by atoms with E-state index < -0.39 is 0 Å². The molecule has 0 aliphatic carbocycles. The Hall–Kier alpha value is -2.36. The van der Waals surface area contributed by atoms with E-state index in [4.69, 9.17) is 17.2 Å². The SMILES string of the molecule is CN(C)c1ccc(C(C)(C)C(C)(C)c2ccc(N)c(N)c2)cc1N.